The van der Waals surface area contributed by atoms with Crippen LogP contribution < -0.4 is 14.4 Å². The lowest BCUT2D eigenvalue weighted by Crippen LogP contribution is -2.49. The molecule has 0 aromatic heterocycles. The van der Waals surface area contributed by atoms with Crippen LogP contribution in [0.5, 0.6) is 11.5 Å². The molecule has 3 aromatic carbocycles. The fraction of sp³-hybridized carbons (Fsp3) is 0.321. The maximum atomic E-state index is 13.3. The molecule has 1 heterocycles. The standard InChI is InChI=1S/C28H31ClN2O3/c1-4-33-27-13-8-22(18-23(27)19-34-25-11-9-24(29)10-12-25)28(32)31-16-14-30(15-17-31)26-7-5-6-20(2)21(26)3/h5-13,18H,4,14-17,19H2,1-3H3. The lowest BCUT2D eigenvalue weighted by molar-refractivity contribution is 0.0746. The number of hydrogen-bond acceptors (Lipinski definition) is 4. The van der Waals surface area contributed by atoms with Crippen molar-refractivity contribution in [2.45, 2.75) is 27.4 Å². The van der Waals surface area contributed by atoms with Crippen LogP contribution in [0.3, 0.4) is 0 Å². The van der Waals surface area contributed by atoms with Crippen molar-refractivity contribution in [1.82, 2.24) is 4.90 Å². The van der Waals surface area contributed by atoms with Gasteiger partial charge in [0.15, 0.2) is 0 Å². The fourth-order valence-electron chi connectivity index (χ4n) is 4.22. The van der Waals surface area contributed by atoms with E-state index in [-0.39, 0.29) is 5.91 Å². The van der Waals surface area contributed by atoms with Gasteiger partial charge in [-0.1, -0.05) is 23.7 Å². The normalized spacial score (nSPS) is 13.6. The molecular weight excluding hydrogens is 448 g/mol. The summed E-state index contributed by atoms with van der Waals surface area (Å²) in [6.45, 7) is 10.1. The molecule has 0 N–H and O–H groups in total. The van der Waals surface area contributed by atoms with E-state index in [9.17, 15) is 4.79 Å². The van der Waals surface area contributed by atoms with Crippen molar-refractivity contribution in [2.75, 3.05) is 37.7 Å². The molecule has 0 aliphatic carbocycles. The molecule has 0 saturated carbocycles. The number of aryl methyl sites for hydroxylation is 1. The van der Waals surface area contributed by atoms with Crippen molar-refractivity contribution in [1.29, 1.82) is 0 Å². The molecule has 1 fully saturated rings. The van der Waals surface area contributed by atoms with Crippen LogP contribution in [0.15, 0.2) is 60.7 Å². The summed E-state index contributed by atoms with van der Waals surface area (Å²) in [6.07, 6.45) is 0. The monoisotopic (exact) mass is 478 g/mol. The van der Waals surface area contributed by atoms with E-state index in [1.807, 2.05) is 42.2 Å². The Morgan fingerprint density at radius 3 is 2.38 bits per heavy atom. The van der Waals surface area contributed by atoms with E-state index in [0.29, 0.717) is 42.6 Å². The highest BCUT2D eigenvalue weighted by Crippen LogP contribution is 2.26. The summed E-state index contributed by atoms with van der Waals surface area (Å²) in [5, 5.41) is 0.660. The number of anilines is 1. The number of halogens is 1. The summed E-state index contributed by atoms with van der Waals surface area (Å²) < 4.78 is 11.7. The molecule has 0 radical (unpaired) electrons. The summed E-state index contributed by atoms with van der Waals surface area (Å²) in [7, 11) is 0. The molecule has 1 amide bonds. The Morgan fingerprint density at radius 1 is 0.941 bits per heavy atom. The molecule has 5 nitrogen and oxygen atoms in total. The van der Waals surface area contributed by atoms with Gasteiger partial charge in [-0.3, -0.25) is 4.79 Å². The summed E-state index contributed by atoms with van der Waals surface area (Å²) in [4.78, 5) is 17.6. The summed E-state index contributed by atoms with van der Waals surface area (Å²) in [5.74, 6) is 1.48. The van der Waals surface area contributed by atoms with Crippen molar-refractivity contribution in [3.63, 3.8) is 0 Å². The van der Waals surface area contributed by atoms with Crippen molar-refractivity contribution in [3.05, 3.63) is 87.9 Å². The minimum absolute atomic E-state index is 0.0383. The number of hydrogen-bond donors (Lipinski definition) is 0. The number of benzene rings is 3. The molecule has 0 spiro atoms. The van der Waals surface area contributed by atoms with Gasteiger partial charge in [0.05, 0.1) is 6.61 Å². The lowest BCUT2D eigenvalue weighted by atomic mass is 10.1. The maximum absolute atomic E-state index is 13.3. The van der Waals surface area contributed by atoms with E-state index >= 15 is 0 Å². The van der Waals surface area contributed by atoms with Crippen molar-refractivity contribution >= 4 is 23.2 Å². The lowest BCUT2D eigenvalue weighted by Gasteiger charge is -2.37. The number of rotatable bonds is 7. The van der Waals surface area contributed by atoms with Gasteiger partial charge in [0.2, 0.25) is 0 Å². The van der Waals surface area contributed by atoms with Gasteiger partial charge in [0, 0.05) is 48.0 Å². The third-order valence-electron chi connectivity index (χ3n) is 6.30. The molecule has 1 aliphatic rings. The molecule has 3 aromatic rings. The second kappa shape index (κ2) is 10.8. The van der Waals surface area contributed by atoms with Crippen LogP contribution in [0.2, 0.25) is 5.02 Å². The van der Waals surface area contributed by atoms with E-state index in [0.717, 1.165) is 24.4 Å². The molecule has 0 unspecified atom stereocenters. The predicted octanol–water partition coefficient (Wildman–Crippen LogP) is 5.90. The zero-order chi connectivity index (χ0) is 24.1. The highest BCUT2D eigenvalue weighted by atomic mass is 35.5. The molecule has 0 bridgehead atoms. The van der Waals surface area contributed by atoms with Crippen LogP contribution in [0.25, 0.3) is 0 Å². The van der Waals surface area contributed by atoms with Crippen LogP contribution in [0.4, 0.5) is 5.69 Å². The Balaban J connectivity index is 1.44. The number of amides is 1. The predicted molar refractivity (Wildman–Crippen MR) is 137 cm³/mol. The van der Waals surface area contributed by atoms with E-state index in [2.05, 4.69) is 36.9 Å². The highest BCUT2D eigenvalue weighted by molar-refractivity contribution is 6.30. The Hall–Kier alpha value is -3.18. The number of ether oxygens (including phenoxy) is 2. The topological polar surface area (TPSA) is 42.0 Å². The Kier molecular flexibility index (Phi) is 7.63. The van der Waals surface area contributed by atoms with Crippen LogP contribution in [0.1, 0.15) is 34.0 Å². The zero-order valence-corrected chi connectivity index (χ0v) is 20.8. The van der Waals surface area contributed by atoms with Gasteiger partial charge in [-0.15, -0.1) is 0 Å². The van der Waals surface area contributed by atoms with Crippen LogP contribution in [-0.2, 0) is 6.61 Å². The number of carbonyl (C=O) groups is 1. The average Bonchev–Trinajstić information content (AvgIpc) is 2.86. The zero-order valence-electron chi connectivity index (χ0n) is 20.0. The second-order valence-electron chi connectivity index (χ2n) is 8.50. The smallest absolute Gasteiger partial charge is 0.253 e. The molecule has 4 rings (SSSR count). The van der Waals surface area contributed by atoms with Crippen LogP contribution in [-0.4, -0.2) is 43.6 Å². The Bertz CT molecular complexity index is 1140. The van der Waals surface area contributed by atoms with Gasteiger partial charge >= 0.3 is 0 Å². The average molecular weight is 479 g/mol. The molecular formula is C28H31ClN2O3. The molecule has 1 saturated heterocycles. The molecule has 178 valence electrons. The Morgan fingerprint density at radius 2 is 1.68 bits per heavy atom. The first-order valence-electron chi connectivity index (χ1n) is 11.7. The number of carbonyl (C=O) groups excluding carboxylic acids is 1. The van der Waals surface area contributed by atoms with Crippen molar-refractivity contribution < 1.29 is 14.3 Å². The van der Waals surface area contributed by atoms with E-state index in [1.54, 1.807) is 12.1 Å². The van der Waals surface area contributed by atoms with Crippen LogP contribution >= 0.6 is 11.6 Å². The number of nitrogens with zero attached hydrogens (tertiary/aromatic N) is 2. The van der Waals surface area contributed by atoms with Gasteiger partial charge in [-0.25, -0.2) is 0 Å². The minimum Gasteiger partial charge on any atom is -0.493 e. The van der Waals surface area contributed by atoms with Gasteiger partial charge in [-0.05, 0) is 80.4 Å². The Labute approximate surface area is 206 Å². The third-order valence-corrected chi connectivity index (χ3v) is 6.55. The maximum Gasteiger partial charge on any atom is 0.253 e. The second-order valence-corrected chi connectivity index (χ2v) is 8.93. The summed E-state index contributed by atoms with van der Waals surface area (Å²) >= 11 is 5.96. The van der Waals surface area contributed by atoms with Crippen LogP contribution in [0, 0.1) is 13.8 Å². The molecule has 34 heavy (non-hydrogen) atoms. The first kappa shape index (κ1) is 24.0. The quantitative estimate of drug-likeness (QED) is 0.424. The van der Waals surface area contributed by atoms with Gasteiger partial charge in [-0.2, -0.15) is 0 Å². The molecule has 0 atom stereocenters. The summed E-state index contributed by atoms with van der Waals surface area (Å²) in [6, 6.07) is 19.2. The SMILES string of the molecule is CCOc1ccc(C(=O)N2CCN(c3cccc(C)c3C)CC2)cc1COc1ccc(Cl)cc1. The van der Waals surface area contributed by atoms with E-state index in [4.69, 9.17) is 21.1 Å². The first-order chi connectivity index (χ1) is 16.5. The van der Waals surface area contributed by atoms with Crippen molar-refractivity contribution in [2.24, 2.45) is 0 Å². The number of piperazine rings is 1. The molecule has 6 heteroatoms. The minimum atomic E-state index is 0.0383. The summed E-state index contributed by atoms with van der Waals surface area (Å²) in [5.41, 5.74) is 5.35. The van der Waals surface area contributed by atoms with E-state index < -0.39 is 0 Å². The third kappa shape index (κ3) is 5.48. The van der Waals surface area contributed by atoms with Crippen molar-refractivity contribution in [3.8, 4) is 11.5 Å². The largest absolute Gasteiger partial charge is 0.493 e. The van der Waals surface area contributed by atoms with Gasteiger partial charge in [0.1, 0.15) is 18.1 Å². The fourth-order valence-corrected chi connectivity index (χ4v) is 4.35. The van der Waals surface area contributed by atoms with Gasteiger partial charge < -0.3 is 19.3 Å². The molecule has 1 aliphatic heterocycles. The van der Waals surface area contributed by atoms with E-state index in [1.165, 1.54) is 16.8 Å². The van der Waals surface area contributed by atoms with Gasteiger partial charge in [0.25, 0.3) is 5.91 Å². The first-order valence-corrected chi connectivity index (χ1v) is 12.1. The highest BCUT2D eigenvalue weighted by Gasteiger charge is 2.24.